The Morgan fingerprint density at radius 3 is 1.12 bits per heavy atom. The van der Waals surface area contributed by atoms with Crippen molar-refractivity contribution in [3.63, 3.8) is 0 Å². The molecule has 0 aliphatic carbocycles. The average molecular weight is 373 g/mol. The molecular weight excluding hydrogens is 332 g/mol. The molecule has 0 atom stereocenters. The Labute approximate surface area is 160 Å². The van der Waals surface area contributed by atoms with Crippen molar-refractivity contribution >= 4 is 23.6 Å². The number of hydrogen-bond acceptors (Lipinski definition) is 3. The molecule has 0 unspecified atom stereocenters. The fourth-order valence-corrected chi connectivity index (χ4v) is 3.34. The minimum Gasteiger partial charge on any atom is -0.342 e. The van der Waals surface area contributed by atoms with Crippen molar-refractivity contribution in [3.8, 4) is 0 Å². The van der Waals surface area contributed by atoms with Crippen LogP contribution in [0.25, 0.3) is 0 Å². The Morgan fingerprint density at radius 1 is 0.600 bits per heavy atom. The molecule has 0 aliphatic rings. The highest BCUT2D eigenvalue weighted by Crippen LogP contribution is 2.09. The van der Waals surface area contributed by atoms with Gasteiger partial charge in [0.2, 0.25) is 11.8 Å². The van der Waals surface area contributed by atoms with Crippen molar-refractivity contribution in [3.05, 3.63) is 0 Å². The molecule has 0 fully saturated rings. The van der Waals surface area contributed by atoms with Crippen LogP contribution in [0, 0.1) is 0 Å². The number of unbranched alkanes of at least 4 members (excludes halogenated alkanes) is 4. The summed E-state index contributed by atoms with van der Waals surface area (Å²) < 4.78 is 0. The van der Waals surface area contributed by atoms with Gasteiger partial charge in [-0.05, 0) is 25.7 Å². The first-order valence-electron chi connectivity index (χ1n) is 10.2. The van der Waals surface area contributed by atoms with E-state index in [0.717, 1.165) is 77.5 Å². The molecule has 5 heteroatoms. The van der Waals surface area contributed by atoms with Gasteiger partial charge in [-0.1, -0.05) is 53.4 Å². The van der Waals surface area contributed by atoms with Gasteiger partial charge in [-0.15, -0.1) is 11.8 Å². The highest BCUT2D eigenvalue weighted by Gasteiger charge is 2.16. The van der Waals surface area contributed by atoms with Crippen LogP contribution in [0.3, 0.4) is 0 Å². The molecule has 0 heterocycles. The quantitative estimate of drug-likeness (QED) is 0.398. The Bertz CT molecular complexity index is 303. The number of carbonyl (C=O) groups excluding carboxylic acids is 2. The molecule has 0 bridgehead atoms. The zero-order chi connectivity index (χ0) is 18.9. The molecule has 0 radical (unpaired) electrons. The van der Waals surface area contributed by atoms with Crippen LogP contribution in [-0.2, 0) is 9.59 Å². The van der Waals surface area contributed by atoms with E-state index in [1.165, 1.54) is 11.8 Å². The molecule has 4 nitrogen and oxygen atoms in total. The largest absolute Gasteiger partial charge is 0.342 e. The normalized spacial score (nSPS) is 10.7. The van der Waals surface area contributed by atoms with Crippen LogP contribution < -0.4 is 0 Å². The lowest BCUT2D eigenvalue weighted by Gasteiger charge is -2.24. The van der Waals surface area contributed by atoms with E-state index in [2.05, 4.69) is 27.7 Å². The van der Waals surface area contributed by atoms with Crippen LogP contribution in [0.15, 0.2) is 0 Å². The molecule has 25 heavy (non-hydrogen) atoms. The second kappa shape index (κ2) is 16.7. The van der Waals surface area contributed by atoms with Gasteiger partial charge in [-0.25, -0.2) is 0 Å². The van der Waals surface area contributed by atoms with E-state index in [-0.39, 0.29) is 11.8 Å². The van der Waals surface area contributed by atoms with Crippen molar-refractivity contribution in [2.75, 3.05) is 37.7 Å². The lowest BCUT2D eigenvalue weighted by atomic mass is 10.2. The molecule has 0 N–H and O–H groups in total. The topological polar surface area (TPSA) is 40.6 Å². The summed E-state index contributed by atoms with van der Waals surface area (Å²) in [7, 11) is 0. The van der Waals surface area contributed by atoms with E-state index < -0.39 is 0 Å². The number of amides is 2. The molecule has 0 aliphatic heterocycles. The number of carbonyl (C=O) groups is 2. The van der Waals surface area contributed by atoms with E-state index in [1.807, 2.05) is 9.80 Å². The fraction of sp³-hybridized carbons (Fsp3) is 0.900. The van der Waals surface area contributed by atoms with Gasteiger partial charge >= 0.3 is 0 Å². The molecule has 0 aromatic rings. The third-order valence-corrected chi connectivity index (χ3v) is 5.18. The number of thioether (sulfide) groups is 1. The average Bonchev–Trinajstić information content (AvgIpc) is 2.61. The summed E-state index contributed by atoms with van der Waals surface area (Å²) in [5.74, 6) is 1.23. The van der Waals surface area contributed by atoms with Gasteiger partial charge in [0.05, 0.1) is 11.5 Å². The SMILES string of the molecule is CCCCN(CCCC)C(=O)CSCC(=O)N(CCCC)CCCC. The van der Waals surface area contributed by atoms with Crippen molar-refractivity contribution in [1.29, 1.82) is 0 Å². The molecule has 148 valence electrons. The molecule has 0 aromatic heterocycles. The third-order valence-electron chi connectivity index (χ3n) is 4.28. The van der Waals surface area contributed by atoms with Gasteiger partial charge in [-0.3, -0.25) is 9.59 Å². The minimum absolute atomic E-state index is 0.188. The van der Waals surface area contributed by atoms with Crippen molar-refractivity contribution < 1.29 is 9.59 Å². The summed E-state index contributed by atoms with van der Waals surface area (Å²) in [4.78, 5) is 28.8. The molecule has 0 aromatic carbocycles. The lowest BCUT2D eigenvalue weighted by Crippen LogP contribution is -2.36. The maximum absolute atomic E-state index is 12.4. The maximum Gasteiger partial charge on any atom is 0.232 e. The first-order valence-corrected chi connectivity index (χ1v) is 11.4. The van der Waals surface area contributed by atoms with Gasteiger partial charge in [0.25, 0.3) is 0 Å². The van der Waals surface area contributed by atoms with Gasteiger partial charge in [0.15, 0.2) is 0 Å². The monoisotopic (exact) mass is 372 g/mol. The van der Waals surface area contributed by atoms with Crippen LogP contribution in [0.1, 0.15) is 79.1 Å². The standard InChI is InChI=1S/C20H40N2O2S/c1-5-9-13-21(14-10-6-2)19(23)17-25-18-20(24)22(15-11-7-3)16-12-8-4/h5-18H2,1-4H3. The van der Waals surface area contributed by atoms with E-state index in [4.69, 9.17) is 0 Å². The summed E-state index contributed by atoms with van der Waals surface area (Å²) in [6, 6.07) is 0. The number of nitrogens with zero attached hydrogens (tertiary/aromatic N) is 2. The lowest BCUT2D eigenvalue weighted by molar-refractivity contribution is -0.128. The second-order valence-corrected chi connectivity index (χ2v) is 7.65. The molecule has 0 saturated heterocycles. The van der Waals surface area contributed by atoms with Gasteiger partial charge in [-0.2, -0.15) is 0 Å². The maximum atomic E-state index is 12.4. The van der Waals surface area contributed by atoms with Gasteiger partial charge in [0, 0.05) is 26.2 Å². The molecule has 0 saturated carbocycles. The zero-order valence-corrected chi connectivity index (χ0v) is 17.8. The predicted molar refractivity (Wildman–Crippen MR) is 110 cm³/mol. The van der Waals surface area contributed by atoms with Gasteiger partial charge < -0.3 is 9.80 Å². The fourth-order valence-electron chi connectivity index (χ4n) is 2.53. The summed E-state index contributed by atoms with van der Waals surface area (Å²) in [5.41, 5.74) is 0. The summed E-state index contributed by atoms with van der Waals surface area (Å²) >= 11 is 1.48. The van der Waals surface area contributed by atoms with Crippen molar-refractivity contribution in [1.82, 2.24) is 9.80 Å². The molecule has 0 spiro atoms. The Hall–Kier alpha value is -0.710. The van der Waals surface area contributed by atoms with E-state index >= 15 is 0 Å². The van der Waals surface area contributed by atoms with Crippen molar-refractivity contribution in [2.45, 2.75) is 79.1 Å². The molecule has 0 rings (SSSR count). The van der Waals surface area contributed by atoms with Crippen LogP contribution in [0.5, 0.6) is 0 Å². The smallest absolute Gasteiger partial charge is 0.232 e. The Balaban J connectivity index is 4.31. The number of hydrogen-bond donors (Lipinski definition) is 0. The Kier molecular flexibility index (Phi) is 16.3. The first-order chi connectivity index (χ1) is 12.1. The highest BCUT2D eigenvalue weighted by molar-refractivity contribution is 8.00. The van der Waals surface area contributed by atoms with E-state index in [0.29, 0.717) is 11.5 Å². The van der Waals surface area contributed by atoms with Crippen LogP contribution >= 0.6 is 11.8 Å². The van der Waals surface area contributed by atoms with Crippen molar-refractivity contribution in [2.24, 2.45) is 0 Å². The number of rotatable bonds is 16. The van der Waals surface area contributed by atoms with Crippen LogP contribution in [0.2, 0.25) is 0 Å². The molecular formula is C20H40N2O2S. The predicted octanol–water partition coefficient (Wildman–Crippen LogP) is 4.58. The summed E-state index contributed by atoms with van der Waals surface area (Å²) in [6.07, 6.45) is 8.64. The summed E-state index contributed by atoms with van der Waals surface area (Å²) in [5, 5.41) is 0. The zero-order valence-electron chi connectivity index (χ0n) is 17.0. The second-order valence-electron chi connectivity index (χ2n) is 6.67. The minimum atomic E-state index is 0.188. The van der Waals surface area contributed by atoms with Crippen LogP contribution in [0.4, 0.5) is 0 Å². The summed E-state index contributed by atoms with van der Waals surface area (Å²) in [6.45, 7) is 12.0. The van der Waals surface area contributed by atoms with E-state index in [1.54, 1.807) is 0 Å². The van der Waals surface area contributed by atoms with E-state index in [9.17, 15) is 9.59 Å². The third kappa shape index (κ3) is 12.3. The first kappa shape index (κ1) is 24.3. The van der Waals surface area contributed by atoms with Crippen LogP contribution in [-0.4, -0.2) is 59.3 Å². The van der Waals surface area contributed by atoms with Gasteiger partial charge in [0.1, 0.15) is 0 Å². The highest BCUT2D eigenvalue weighted by atomic mass is 32.2. The Morgan fingerprint density at radius 2 is 0.880 bits per heavy atom. The molecule has 2 amide bonds.